The van der Waals surface area contributed by atoms with E-state index in [4.69, 9.17) is 0 Å². The van der Waals surface area contributed by atoms with Crippen molar-refractivity contribution >= 4 is 23.5 Å². The summed E-state index contributed by atoms with van der Waals surface area (Å²) in [5.41, 5.74) is 1.12. The van der Waals surface area contributed by atoms with Gasteiger partial charge in [-0.05, 0) is 18.6 Å². The predicted molar refractivity (Wildman–Crippen MR) is 57.9 cm³/mol. The molecule has 1 aromatic carbocycles. The molecule has 0 spiro atoms. The Balaban J connectivity index is 2.60. The number of halogens is 1. The monoisotopic (exact) mass is 219 g/mol. The molecule has 82 valence electrons. The van der Waals surface area contributed by atoms with Gasteiger partial charge in [-0.15, -0.1) is 0 Å². The van der Waals surface area contributed by atoms with Gasteiger partial charge in [0.2, 0.25) is 0 Å². The molecular weight excluding hydrogens is 209 g/mol. The minimum absolute atomic E-state index is 0.00444. The number of fused-ring (bicyclic) bond motifs is 1. The van der Waals surface area contributed by atoms with Crippen LogP contribution in [0.2, 0.25) is 0 Å². The van der Waals surface area contributed by atoms with Crippen LogP contribution in [0.4, 0.5) is 10.1 Å². The maximum absolute atomic E-state index is 13.7. The van der Waals surface area contributed by atoms with Crippen LogP contribution in [0, 0.1) is 5.82 Å². The van der Waals surface area contributed by atoms with Crippen LogP contribution in [0.1, 0.15) is 29.3 Å². The molecule has 2 rings (SSSR count). The topological polar surface area (TPSA) is 46.5 Å². The Morgan fingerprint density at radius 3 is 2.88 bits per heavy atom. The maximum Gasteiger partial charge on any atom is 0.181 e. The highest BCUT2D eigenvalue weighted by Gasteiger charge is 2.23. The van der Waals surface area contributed by atoms with E-state index in [0.29, 0.717) is 24.1 Å². The summed E-state index contributed by atoms with van der Waals surface area (Å²) in [6, 6.07) is 2.96. The van der Waals surface area contributed by atoms with E-state index in [1.165, 1.54) is 6.07 Å². The number of Topliss-reactive ketones (excluding diaryl/α,β-unsaturated/α-hetero) is 1. The number of hydrogen-bond acceptors (Lipinski definition) is 3. The van der Waals surface area contributed by atoms with E-state index < -0.39 is 5.82 Å². The highest BCUT2D eigenvalue weighted by Crippen LogP contribution is 2.28. The van der Waals surface area contributed by atoms with Crippen molar-refractivity contribution in [2.45, 2.75) is 19.8 Å². The van der Waals surface area contributed by atoms with E-state index in [1.807, 2.05) is 6.92 Å². The second-order valence-corrected chi connectivity index (χ2v) is 3.60. The second kappa shape index (κ2) is 3.96. The molecule has 0 fully saturated rings. The minimum Gasteiger partial charge on any atom is -0.298 e. The van der Waals surface area contributed by atoms with Crippen molar-refractivity contribution in [2.75, 3.05) is 0 Å². The zero-order chi connectivity index (χ0) is 11.7. The number of carbonyl (C=O) groups is 2. The van der Waals surface area contributed by atoms with Gasteiger partial charge in [0.15, 0.2) is 12.1 Å². The van der Waals surface area contributed by atoms with E-state index in [0.717, 1.165) is 0 Å². The van der Waals surface area contributed by atoms with Crippen LogP contribution < -0.4 is 0 Å². The fraction of sp³-hybridized carbons (Fsp3) is 0.250. The van der Waals surface area contributed by atoms with Crippen LogP contribution >= 0.6 is 0 Å². The van der Waals surface area contributed by atoms with Gasteiger partial charge in [0.25, 0.3) is 0 Å². The van der Waals surface area contributed by atoms with Crippen LogP contribution in [-0.2, 0) is 11.2 Å². The molecule has 0 radical (unpaired) electrons. The average molecular weight is 219 g/mol. The average Bonchev–Trinajstić information content (AvgIpc) is 2.30. The van der Waals surface area contributed by atoms with E-state index in [9.17, 15) is 14.0 Å². The lowest BCUT2D eigenvalue weighted by Gasteiger charge is -2.14. The summed E-state index contributed by atoms with van der Waals surface area (Å²) < 4.78 is 13.7. The molecular formula is C12H10FNO2. The van der Waals surface area contributed by atoms with E-state index in [2.05, 4.69) is 4.99 Å². The first-order chi connectivity index (χ1) is 7.67. The number of ketones is 1. The molecule has 16 heavy (non-hydrogen) atoms. The molecule has 0 aromatic heterocycles. The molecule has 4 heteroatoms. The van der Waals surface area contributed by atoms with Gasteiger partial charge in [0.05, 0.1) is 17.0 Å². The van der Waals surface area contributed by atoms with Gasteiger partial charge in [-0.25, -0.2) is 9.38 Å². The van der Waals surface area contributed by atoms with Crippen LogP contribution in [0.5, 0.6) is 0 Å². The first kappa shape index (κ1) is 10.7. The van der Waals surface area contributed by atoms with Crippen molar-refractivity contribution < 1.29 is 14.0 Å². The van der Waals surface area contributed by atoms with Gasteiger partial charge >= 0.3 is 0 Å². The van der Waals surface area contributed by atoms with Crippen molar-refractivity contribution in [3.8, 4) is 0 Å². The second-order valence-electron chi connectivity index (χ2n) is 3.60. The summed E-state index contributed by atoms with van der Waals surface area (Å²) in [5.74, 6) is -0.795. The van der Waals surface area contributed by atoms with E-state index in [1.54, 1.807) is 6.07 Å². The van der Waals surface area contributed by atoms with E-state index >= 15 is 0 Å². The Morgan fingerprint density at radius 2 is 2.25 bits per heavy atom. The van der Waals surface area contributed by atoms with Gasteiger partial charge < -0.3 is 0 Å². The summed E-state index contributed by atoms with van der Waals surface area (Å²) in [6.45, 7) is 1.83. The highest BCUT2D eigenvalue weighted by atomic mass is 19.1. The van der Waals surface area contributed by atoms with Gasteiger partial charge in [-0.2, -0.15) is 0 Å². The zero-order valence-corrected chi connectivity index (χ0v) is 8.79. The smallest absolute Gasteiger partial charge is 0.181 e. The Bertz CT molecular complexity index is 506. The highest BCUT2D eigenvalue weighted by molar-refractivity contribution is 6.41. The number of carbonyl (C=O) groups excluding carboxylic acids is 2. The third kappa shape index (κ3) is 1.56. The predicted octanol–water partition coefficient (Wildman–Crippen LogP) is 2.25. The molecule has 1 aromatic rings. The van der Waals surface area contributed by atoms with E-state index in [-0.39, 0.29) is 23.3 Å². The van der Waals surface area contributed by atoms with Gasteiger partial charge in [0.1, 0.15) is 5.82 Å². The summed E-state index contributed by atoms with van der Waals surface area (Å²) in [4.78, 5) is 26.2. The lowest BCUT2D eigenvalue weighted by Crippen LogP contribution is -2.20. The normalized spacial score (nSPS) is 14.4. The Morgan fingerprint density at radius 1 is 1.50 bits per heavy atom. The summed E-state index contributed by atoms with van der Waals surface area (Å²) in [6.07, 6.45) is 0.976. The van der Waals surface area contributed by atoms with Gasteiger partial charge in [-0.3, -0.25) is 9.59 Å². The third-order valence-electron chi connectivity index (χ3n) is 2.62. The van der Waals surface area contributed by atoms with Gasteiger partial charge in [-0.1, -0.05) is 6.92 Å². The lowest BCUT2D eigenvalue weighted by molar-refractivity contribution is -0.112. The number of aliphatic imine (C=N–C) groups is 1. The van der Waals surface area contributed by atoms with Crippen LogP contribution in [0.3, 0.4) is 0 Å². The molecule has 0 unspecified atom stereocenters. The molecule has 0 saturated carbocycles. The van der Waals surface area contributed by atoms with Crippen LogP contribution in [0.15, 0.2) is 17.1 Å². The summed E-state index contributed by atoms with van der Waals surface area (Å²) >= 11 is 0. The van der Waals surface area contributed by atoms with Crippen molar-refractivity contribution in [2.24, 2.45) is 4.99 Å². The van der Waals surface area contributed by atoms with Crippen LogP contribution in [0.25, 0.3) is 0 Å². The number of aldehydes is 1. The molecule has 0 saturated heterocycles. The van der Waals surface area contributed by atoms with Gasteiger partial charge in [0, 0.05) is 12.0 Å². The molecule has 1 heterocycles. The molecule has 0 aliphatic carbocycles. The largest absolute Gasteiger partial charge is 0.298 e. The van der Waals surface area contributed by atoms with Crippen molar-refractivity contribution in [3.05, 3.63) is 29.1 Å². The molecule has 0 atom stereocenters. The van der Waals surface area contributed by atoms with Crippen molar-refractivity contribution in [3.63, 3.8) is 0 Å². The first-order valence-electron chi connectivity index (χ1n) is 5.04. The first-order valence-corrected chi connectivity index (χ1v) is 5.04. The molecule has 3 nitrogen and oxygen atoms in total. The zero-order valence-electron chi connectivity index (χ0n) is 8.79. The SMILES string of the molecule is CCC1=Nc2ccc(C=O)c(F)c2CC1=O. The quantitative estimate of drug-likeness (QED) is 0.716. The third-order valence-corrected chi connectivity index (χ3v) is 2.62. The fourth-order valence-electron chi connectivity index (χ4n) is 1.74. The molecule has 1 aliphatic rings. The lowest BCUT2D eigenvalue weighted by atomic mass is 9.97. The maximum atomic E-state index is 13.7. The standard InChI is InChI=1S/C12H10FNO2/c1-2-9-11(16)5-8-10(14-9)4-3-7(6-15)12(8)13/h3-4,6H,2,5H2,1H3. The molecule has 1 aliphatic heterocycles. The summed E-state index contributed by atoms with van der Waals surface area (Å²) in [5, 5.41) is 0. The molecule has 0 bridgehead atoms. The fourth-order valence-corrected chi connectivity index (χ4v) is 1.74. The summed E-state index contributed by atoms with van der Waals surface area (Å²) in [7, 11) is 0. The molecule has 0 N–H and O–H groups in total. The molecule has 0 amide bonds. The van der Waals surface area contributed by atoms with Crippen LogP contribution in [-0.4, -0.2) is 17.8 Å². The van der Waals surface area contributed by atoms with Crippen molar-refractivity contribution in [1.29, 1.82) is 0 Å². The number of benzene rings is 1. The number of nitrogens with zero attached hydrogens (tertiary/aromatic N) is 1. The number of hydrogen-bond donors (Lipinski definition) is 0. The Labute approximate surface area is 92.0 Å². The Kier molecular flexibility index (Phi) is 2.64. The van der Waals surface area contributed by atoms with Crippen molar-refractivity contribution in [1.82, 2.24) is 0 Å². The minimum atomic E-state index is -0.625. The Hall–Kier alpha value is -1.84. The number of rotatable bonds is 2.